The van der Waals surface area contributed by atoms with Gasteiger partial charge in [0.15, 0.2) is 0 Å². The minimum Gasteiger partial charge on any atom is -0.399 e. The largest absolute Gasteiger partial charge is 0.399 e. The molecule has 0 saturated carbocycles. The summed E-state index contributed by atoms with van der Waals surface area (Å²) in [7, 11) is 0. The van der Waals surface area contributed by atoms with Crippen LogP contribution in [0.5, 0.6) is 0 Å². The molecule has 0 fully saturated rings. The molecule has 0 saturated heterocycles. The Balaban J connectivity index is 2.58. The molecule has 4 heteroatoms. The summed E-state index contributed by atoms with van der Waals surface area (Å²) in [5.41, 5.74) is 12.1. The van der Waals surface area contributed by atoms with Crippen molar-refractivity contribution in [2.45, 2.75) is 6.42 Å². The molecular formula is C9H13N3O. The summed E-state index contributed by atoms with van der Waals surface area (Å²) >= 11 is 0. The zero-order valence-corrected chi connectivity index (χ0v) is 7.29. The summed E-state index contributed by atoms with van der Waals surface area (Å²) < 4.78 is 0. The molecule has 5 N–H and O–H groups in total. The Morgan fingerprint density at radius 2 is 2.23 bits per heavy atom. The lowest BCUT2D eigenvalue weighted by molar-refractivity contribution is -0.116. The molecule has 1 amide bonds. The van der Waals surface area contributed by atoms with E-state index in [-0.39, 0.29) is 5.91 Å². The van der Waals surface area contributed by atoms with Gasteiger partial charge in [-0.3, -0.25) is 4.79 Å². The number of carbonyl (C=O) groups excluding carboxylic acids is 1. The Labute approximate surface area is 76.9 Å². The van der Waals surface area contributed by atoms with E-state index in [1.807, 2.05) is 0 Å². The molecule has 1 aromatic carbocycles. The predicted molar refractivity (Wildman–Crippen MR) is 53.2 cm³/mol. The molecule has 1 aromatic rings. The van der Waals surface area contributed by atoms with E-state index in [1.165, 1.54) is 0 Å². The van der Waals surface area contributed by atoms with Gasteiger partial charge in [0.25, 0.3) is 0 Å². The third-order valence-corrected chi connectivity index (χ3v) is 1.54. The number of anilines is 2. The topological polar surface area (TPSA) is 81.1 Å². The summed E-state index contributed by atoms with van der Waals surface area (Å²) in [4.78, 5) is 11.1. The molecule has 0 aliphatic carbocycles. The fourth-order valence-electron chi connectivity index (χ4n) is 0.971. The predicted octanol–water partition coefficient (Wildman–Crippen LogP) is 0.556. The maximum Gasteiger partial charge on any atom is 0.225 e. The highest BCUT2D eigenvalue weighted by atomic mass is 16.1. The fraction of sp³-hybridized carbons (Fsp3) is 0.222. The molecule has 13 heavy (non-hydrogen) atoms. The van der Waals surface area contributed by atoms with Crippen molar-refractivity contribution in [3.8, 4) is 0 Å². The molecule has 0 aliphatic rings. The van der Waals surface area contributed by atoms with Crippen molar-refractivity contribution in [2.75, 3.05) is 17.6 Å². The summed E-state index contributed by atoms with van der Waals surface area (Å²) in [6.45, 7) is 0.355. The van der Waals surface area contributed by atoms with E-state index in [4.69, 9.17) is 11.5 Å². The third kappa shape index (κ3) is 3.13. The number of hydrogen-bond donors (Lipinski definition) is 3. The molecule has 4 nitrogen and oxygen atoms in total. The number of benzene rings is 1. The van der Waals surface area contributed by atoms with E-state index in [0.717, 1.165) is 0 Å². The lowest BCUT2D eigenvalue weighted by Gasteiger charge is -2.04. The number of hydrogen-bond acceptors (Lipinski definition) is 3. The summed E-state index contributed by atoms with van der Waals surface area (Å²) in [5, 5.41) is 2.68. The highest BCUT2D eigenvalue weighted by molar-refractivity contribution is 5.91. The Morgan fingerprint density at radius 3 is 2.85 bits per heavy atom. The number of carbonyl (C=O) groups is 1. The van der Waals surface area contributed by atoms with E-state index in [9.17, 15) is 4.79 Å². The van der Waals surface area contributed by atoms with Crippen molar-refractivity contribution in [2.24, 2.45) is 5.73 Å². The van der Waals surface area contributed by atoms with Gasteiger partial charge in [0.1, 0.15) is 0 Å². The molecule has 1 rings (SSSR count). The molecule has 0 aliphatic heterocycles. The van der Waals surface area contributed by atoms with Crippen molar-refractivity contribution in [1.82, 2.24) is 0 Å². The number of nitrogen functional groups attached to an aromatic ring is 1. The molecule has 0 bridgehead atoms. The molecule has 0 radical (unpaired) electrons. The van der Waals surface area contributed by atoms with Crippen LogP contribution in [0.3, 0.4) is 0 Å². The Morgan fingerprint density at radius 1 is 1.46 bits per heavy atom. The minimum atomic E-state index is -0.0897. The zero-order chi connectivity index (χ0) is 9.68. The smallest absolute Gasteiger partial charge is 0.225 e. The monoisotopic (exact) mass is 179 g/mol. The van der Waals surface area contributed by atoms with Crippen molar-refractivity contribution in [3.63, 3.8) is 0 Å². The van der Waals surface area contributed by atoms with Gasteiger partial charge in [-0.05, 0) is 18.2 Å². The van der Waals surface area contributed by atoms with Crippen molar-refractivity contribution >= 4 is 17.3 Å². The Kier molecular flexibility index (Phi) is 3.28. The van der Waals surface area contributed by atoms with Gasteiger partial charge in [0, 0.05) is 24.3 Å². The van der Waals surface area contributed by atoms with Gasteiger partial charge in [-0.25, -0.2) is 0 Å². The van der Waals surface area contributed by atoms with E-state index < -0.39 is 0 Å². The molecule has 0 unspecified atom stereocenters. The second kappa shape index (κ2) is 4.47. The van der Waals surface area contributed by atoms with Crippen LogP contribution in [0, 0.1) is 0 Å². The third-order valence-electron chi connectivity index (χ3n) is 1.54. The average molecular weight is 179 g/mol. The highest BCUT2D eigenvalue weighted by Gasteiger charge is 1.99. The number of nitrogens with two attached hydrogens (primary N) is 2. The van der Waals surface area contributed by atoms with Crippen molar-refractivity contribution in [1.29, 1.82) is 0 Å². The van der Waals surface area contributed by atoms with Crippen molar-refractivity contribution in [3.05, 3.63) is 24.3 Å². The SMILES string of the molecule is NCCC(=O)Nc1cccc(N)c1. The van der Waals surface area contributed by atoms with Crippen LogP contribution in [0.1, 0.15) is 6.42 Å². The van der Waals surface area contributed by atoms with Gasteiger partial charge >= 0.3 is 0 Å². The van der Waals surface area contributed by atoms with E-state index >= 15 is 0 Å². The Bertz CT molecular complexity index is 299. The molecule has 70 valence electrons. The van der Waals surface area contributed by atoms with Gasteiger partial charge in [-0.2, -0.15) is 0 Å². The number of amides is 1. The molecule has 0 atom stereocenters. The van der Waals surface area contributed by atoms with Crippen molar-refractivity contribution < 1.29 is 4.79 Å². The summed E-state index contributed by atoms with van der Waals surface area (Å²) in [6, 6.07) is 7.03. The van der Waals surface area contributed by atoms with Crippen LogP contribution >= 0.6 is 0 Å². The van der Waals surface area contributed by atoms with Gasteiger partial charge < -0.3 is 16.8 Å². The Hall–Kier alpha value is -1.55. The fourth-order valence-corrected chi connectivity index (χ4v) is 0.971. The normalized spacial score (nSPS) is 9.62. The second-order valence-corrected chi connectivity index (χ2v) is 2.71. The van der Waals surface area contributed by atoms with Gasteiger partial charge in [0.2, 0.25) is 5.91 Å². The van der Waals surface area contributed by atoms with Crippen LogP contribution in [0.4, 0.5) is 11.4 Å². The molecular weight excluding hydrogens is 166 g/mol. The van der Waals surface area contributed by atoms with Crippen LogP contribution < -0.4 is 16.8 Å². The minimum absolute atomic E-state index is 0.0897. The lowest BCUT2D eigenvalue weighted by atomic mass is 10.3. The first-order valence-electron chi connectivity index (χ1n) is 4.08. The van der Waals surface area contributed by atoms with Crippen LogP contribution in [0.2, 0.25) is 0 Å². The van der Waals surface area contributed by atoms with E-state index in [0.29, 0.717) is 24.3 Å². The van der Waals surface area contributed by atoms with Gasteiger partial charge in [0.05, 0.1) is 0 Å². The van der Waals surface area contributed by atoms with E-state index in [2.05, 4.69) is 5.32 Å². The zero-order valence-electron chi connectivity index (χ0n) is 7.29. The van der Waals surface area contributed by atoms with Crippen LogP contribution in [0.25, 0.3) is 0 Å². The van der Waals surface area contributed by atoms with Gasteiger partial charge in [-0.15, -0.1) is 0 Å². The second-order valence-electron chi connectivity index (χ2n) is 2.71. The maximum atomic E-state index is 11.1. The van der Waals surface area contributed by atoms with E-state index in [1.54, 1.807) is 24.3 Å². The molecule has 0 aromatic heterocycles. The summed E-state index contributed by atoms with van der Waals surface area (Å²) in [5.74, 6) is -0.0897. The number of nitrogens with one attached hydrogen (secondary N) is 1. The molecule has 0 spiro atoms. The van der Waals surface area contributed by atoms with Crippen LogP contribution in [0.15, 0.2) is 24.3 Å². The van der Waals surface area contributed by atoms with Gasteiger partial charge in [-0.1, -0.05) is 6.07 Å². The quantitative estimate of drug-likeness (QED) is 0.593. The summed E-state index contributed by atoms with van der Waals surface area (Å²) in [6.07, 6.45) is 0.328. The first kappa shape index (κ1) is 9.54. The number of rotatable bonds is 3. The standard InChI is InChI=1S/C9H13N3O/c10-5-4-9(13)12-8-3-1-2-7(11)6-8/h1-3,6H,4-5,10-11H2,(H,12,13). The lowest BCUT2D eigenvalue weighted by Crippen LogP contribution is -2.16. The van der Waals surface area contributed by atoms with Crippen LogP contribution in [-0.2, 0) is 4.79 Å². The first-order valence-corrected chi connectivity index (χ1v) is 4.08. The maximum absolute atomic E-state index is 11.1. The average Bonchev–Trinajstić information content (AvgIpc) is 2.04. The van der Waals surface area contributed by atoms with Crippen LogP contribution in [-0.4, -0.2) is 12.5 Å². The molecule has 0 heterocycles. The first-order chi connectivity index (χ1) is 6.22. The highest BCUT2D eigenvalue weighted by Crippen LogP contribution is 2.11.